The Bertz CT molecular complexity index is 645. The highest BCUT2D eigenvalue weighted by Crippen LogP contribution is 2.28. The van der Waals surface area contributed by atoms with E-state index in [0.29, 0.717) is 12.0 Å². The van der Waals surface area contributed by atoms with E-state index in [1.165, 1.54) is 0 Å². The summed E-state index contributed by atoms with van der Waals surface area (Å²) < 4.78 is 0. The van der Waals surface area contributed by atoms with Crippen LogP contribution in [0, 0.1) is 0 Å². The number of aliphatic hydroxyl groups is 1. The molecule has 1 atom stereocenters. The summed E-state index contributed by atoms with van der Waals surface area (Å²) in [6, 6.07) is 13.5. The lowest BCUT2D eigenvalue weighted by atomic mass is 9.88. The molecule has 0 bridgehead atoms. The number of hydrogen-bond acceptors (Lipinski definition) is 3. The van der Waals surface area contributed by atoms with E-state index >= 15 is 0 Å². The Morgan fingerprint density at radius 2 is 1.70 bits per heavy atom. The standard InChI is InChI=1S/C17H17NO2/c18-17(20)13-7-4-11(5-8-13)14-9-6-12-2-1-3-16(19)15(12)10-14/h4-10,17,20H,1-3,18H2. The van der Waals surface area contributed by atoms with Gasteiger partial charge in [0.2, 0.25) is 0 Å². The smallest absolute Gasteiger partial charge is 0.163 e. The number of rotatable bonds is 2. The highest BCUT2D eigenvalue weighted by Gasteiger charge is 2.17. The molecule has 1 aliphatic carbocycles. The number of aliphatic hydroxyl groups excluding tert-OH is 1. The molecular formula is C17H17NO2. The molecule has 0 spiro atoms. The summed E-state index contributed by atoms with van der Waals surface area (Å²) in [5, 5.41) is 9.31. The van der Waals surface area contributed by atoms with Crippen molar-refractivity contribution >= 4 is 5.78 Å². The molecule has 102 valence electrons. The van der Waals surface area contributed by atoms with E-state index in [4.69, 9.17) is 5.73 Å². The fourth-order valence-electron chi connectivity index (χ4n) is 2.68. The molecule has 3 nitrogen and oxygen atoms in total. The SMILES string of the molecule is NC(O)c1ccc(-c2ccc3c(c2)C(=O)CCC3)cc1. The first-order valence-corrected chi connectivity index (χ1v) is 6.85. The van der Waals surface area contributed by atoms with Gasteiger partial charge in [0.1, 0.15) is 6.23 Å². The minimum atomic E-state index is -0.950. The molecule has 3 rings (SSSR count). The first kappa shape index (κ1) is 13.0. The Morgan fingerprint density at radius 1 is 1.00 bits per heavy atom. The van der Waals surface area contributed by atoms with Crippen LogP contribution in [0.2, 0.25) is 0 Å². The van der Waals surface area contributed by atoms with Crippen molar-refractivity contribution in [1.82, 2.24) is 0 Å². The van der Waals surface area contributed by atoms with Gasteiger partial charge in [0, 0.05) is 12.0 Å². The van der Waals surface area contributed by atoms with E-state index in [1.54, 1.807) is 12.1 Å². The van der Waals surface area contributed by atoms with Crippen LogP contribution in [0.4, 0.5) is 0 Å². The summed E-state index contributed by atoms with van der Waals surface area (Å²) in [5.74, 6) is 0.238. The lowest BCUT2D eigenvalue weighted by Crippen LogP contribution is -2.10. The molecule has 1 aliphatic rings. The van der Waals surface area contributed by atoms with Crippen LogP contribution in [0.1, 0.15) is 40.6 Å². The maximum Gasteiger partial charge on any atom is 0.163 e. The highest BCUT2D eigenvalue weighted by atomic mass is 16.3. The maximum absolute atomic E-state index is 12.0. The van der Waals surface area contributed by atoms with Crippen LogP contribution in [-0.2, 0) is 6.42 Å². The van der Waals surface area contributed by atoms with Crippen molar-refractivity contribution in [2.45, 2.75) is 25.5 Å². The molecule has 1 unspecified atom stereocenters. The maximum atomic E-state index is 12.0. The molecule has 3 heteroatoms. The lowest BCUT2D eigenvalue weighted by Gasteiger charge is -2.16. The number of benzene rings is 2. The molecule has 0 aromatic heterocycles. The Kier molecular flexibility index (Phi) is 3.38. The van der Waals surface area contributed by atoms with Gasteiger partial charge in [0.05, 0.1) is 0 Å². The van der Waals surface area contributed by atoms with Gasteiger partial charge in [-0.05, 0) is 41.2 Å². The second-order valence-electron chi connectivity index (χ2n) is 5.22. The van der Waals surface area contributed by atoms with Crippen molar-refractivity contribution in [3.05, 3.63) is 59.2 Å². The number of fused-ring (bicyclic) bond motifs is 1. The second kappa shape index (κ2) is 5.19. The zero-order valence-electron chi connectivity index (χ0n) is 11.2. The monoisotopic (exact) mass is 267 g/mol. The van der Waals surface area contributed by atoms with Gasteiger partial charge < -0.3 is 10.8 Å². The van der Waals surface area contributed by atoms with Crippen LogP contribution >= 0.6 is 0 Å². The largest absolute Gasteiger partial charge is 0.375 e. The molecule has 0 amide bonds. The number of Topliss-reactive ketones (excluding diaryl/α,β-unsaturated/α-hetero) is 1. The van der Waals surface area contributed by atoms with Gasteiger partial charge in [0.15, 0.2) is 5.78 Å². The molecule has 0 saturated heterocycles. The zero-order chi connectivity index (χ0) is 14.1. The zero-order valence-corrected chi connectivity index (χ0v) is 11.2. The number of ketones is 1. The highest BCUT2D eigenvalue weighted by molar-refractivity contribution is 5.99. The Morgan fingerprint density at radius 3 is 2.40 bits per heavy atom. The fraction of sp³-hybridized carbons (Fsp3) is 0.235. The van der Waals surface area contributed by atoms with Gasteiger partial charge in [-0.25, -0.2) is 0 Å². The predicted octanol–water partition coefficient (Wildman–Crippen LogP) is 2.82. The molecule has 0 radical (unpaired) electrons. The number of carbonyl (C=O) groups excluding carboxylic acids is 1. The molecule has 0 fully saturated rings. The number of aryl methyl sites for hydroxylation is 1. The van der Waals surface area contributed by atoms with Crippen LogP contribution in [-0.4, -0.2) is 10.9 Å². The minimum absolute atomic E-state index is 0.238. The molecule has 0 heterocycles. The van der Waals surface area contributed by atoms with Gasteiger partial charge in [-0.2, -0.15) is 0 Å². The third-order valence-electron chi connectivity index (χ3n) is 3.85. The Balaban J connectivity index is 1.98. The van der Waals surface area contributed by atoms with E-state index in [9.17, 15) is 9.90 Å². The van der Waals surface area contributed by atoms with Crippen LogP contribution in [0.3, 0.4) is 0 Å². The molecule has 3 N–H and O–H groups in total. The normalized spacial score (nSPS) is 15.8. The van der Waals surface area contributed by atoms with Crippen LogP contribution in [0.15, 0.2) is 42.5 Å². The first-order valence-electron chi connectivity index (χ1n) is 6.85. The third kappa shape index (κ3) is 2.38. The molecular weight excluding hydrogens is 250 g/mol. The predicted molar refractivity (Wildman–Crippen MR) is 78.3 cm³/mol. The summed E-state index contributed by atoms with van der Waals surface area (Å²) in [6.07, 6.45) is 1.64. The number of nitrogens with two attached hydrogens (primary N) is 1. The summed E-state index contributed by atoms with van der Waals surface area (Å²) >= 11 is 0. The average Bonchev–Trinajstić information content (AvgIpc) is 2.47. The quantitative estimate of drug-likeness (QED) is 0.822. The summed E-state index contributed by atoms with van der Waals surface area (Å²) in [7, 11) is 0. The topological polar surface area (TPSA) is 63.3 Å². The van der Waals surface area contributed by atoms with E-state index in [2.05, 4.69) is 0 Å². The fourth-order valence-corrected chi connectivity index (χ4v) is 2.68. The van der Waals surface area contributed by atoms with E-state index in [-0.39, 0.29) is 5.78 Å². The van der Waals surface area contributed by atoms with Crippen LogP contribution < -0.4 is 5.73 Å². The summed E-state index contributed by atoms with van der Waals surface area (Å²) in [5.41, 5.74) is 10.2. The van der Waals surface area contributed by atoms with Gasteiger partial charge in [0.25, 0.3) is 0 Å². The number of carbonyl (C=O) groups is 1. The lowest BCUT2D eigenvalue weighted by molar-refractivity contribution is 0.0972. The molecule has 20 heavy (non-hydrogen) atoms. The van der Waals surface area contributed by atoms with Gasteiger partial charge >= 0.3 is 0 Å². The van der Waals surface area contributed by atoms with Crippen molar-refractivity contribution < 1.29 is 9.90 Å². The molecule has 2 aromatic carbocycles. The summed E-state index contributed by atoms with van der Waals surface area (Å²) in [4.78, 5) is 12.0. The Labute approximate surface area is 118 Å². The van der Waals surface area contributed by atoms with Gasteiger partial charge in [-0.15, -0.1) is 0 Å². The molecule has 0 saturated carbocycles. The second-order valence-corrected chi connectivity index (χ2v) is 5.22. The third-order valence-corrected chi connectivity index (χ3v) is 3.85. The summed E-state index contributed by atoms with van der Waals surface area (Å²) in [6.45, 7) is 0. The molecule has 0 aliphatic heterocycles. The van der Waals surface area contributed by atoms with Crippen molar-refractivity contribution in [3.63, 3.8) is 0 Å². The van der Waals surface area contributed by atoms with E-state index < -0.39 is 6.23 Å². The van der Waals surface area contributed by atoms with Crippen molar-refractivity contribution in [1.29, 1.82) is 0 Å². The molecule has 2 aromatic rings. The van der Waals surface area contributed by atoms with Gasteiger partial charge in [-0.1, -0.05) is 36.4 Å². The van der Waals surface area contributed by atoms with Crippen molar-refractivity contribution in [3.8, 4) is 11.1 Å². The van der Waals surface area contributed by atoms with Crippen LogP contribution in [0.5, 0.6) is 0 Å². The van der Waals surface area contributed by atoms with Crippen LogP contribution in [0.25, 0.3) is 11.1 Å². The number of hydrogen-bond donors (Lipinski definition) is 2. The van der Waals surface area contributed by atoms with Gasteiger partial charge in [-0.3, -0.25) is 4.79 Å². The van der Waals surface area contributed by atoms with Crippen molar-refractivity contribution in [2.75, 3.05) is 0 Å². The van der Waals surface area contributed by atoms with E-state index in [1.807, 2.05) is 30.3 Å². The minimum Gasteiger partial charge on any atom is -0.375 e. The average molecular weight is 267 g/mol. The first-order chi connectivity index (χ1) is 9.65. The Hall–Kier alpha value is -1.97. The van der Waals surface area contributed by atoms with Crippen molar-refractivity contribution in [2.24, 2.45) is 5.73 Å². The van der Waals surface area contributed by atoms with E-state index in [0.717, 1.165) is 35.1 Å².